The Balaban J connectivity index is 2.32. The van der Waals surface area contributed by atoms with E-state index in [9.17, 15) is 9.59 Å². The highest BCUT2D eigenvalue weighted by atomic mass is 35.5. The van der Waals surface area contributed by atoms with Crippen molar-refractivity contribution in [1.82, 2.24) is 10.2 Å². The summed E-state index contributed by atoms with van der Waals surface area (Å²) in [6, 6.07) is 6.37. The summed E-state index contributed by atoms with van der Waals surface area (Å²) in [5.74, 6) is -0.414. The van der Waals surface area contributed by atoms with Gasteiger partial charge < -0.3 is 15.0 Å². The number of nitrogens with one attached hydrogen (secondary N) is 1. The molecule has 0 saturated carbocycles. The van der Waals surface area contributed by atoms with Gasteiger partial charge in [0, 0.05) is 30.3 Å². The highest BCUT2D eigenvalue weighted by Crippen LogP contribution is 2.29. The number of carbonyl (C=O) groups excluding carboxylic acids is 2. The molecule has 2 rings (SSSR count). The number of hydrogen-bond donors (Lipinski definition) is 1. The number of nitrogens with zero attached hydrogens (tertiary/aromatic N) is 1. The van der Waals surface area contributed by atoms with Crippen molar-refractivity contribution < 1.29 is 14.3 Å². The Hall–Kier alpha value is -1.59. The summed E-state index contributed by atoms with van der Waals surface area (Å²) in [4.78, 5) is 26.3. The molecule has 1 aromatic rings. The van der Waals surface area contributed by atoms with Gasteiger partial charge in [-0.1, -0.05) is 29.8 Å². The van der Waals surface area contributed by atoms with Crippen molar-refractivity contribution in [2.75, 3.05) is 19.7 Å². The molecule has 2 unspecified atom stereocenters. The first kappa shape index (κ1) is 15.8. The molecule has 1 aromatic carbocycles. The molecule has 1 aliphatic heterocycles. The summed E-state index contributed by atoms with van der Waals surface area (Å²) in [7, 11) is 0. The van der Waals surface area contributed by atoms with E-state index in [-0.39, 0.29) is 11.8 Å². The fourth-order valence-corrected chi connectivity index (χ4v) is 2.70. The zero-order valence-electron chi connectivity index (χ0n) is 12.1. The van der Waals surface area contributed by atoms with Crippen molar-refractivity contribution in [2.45, 2.75) is 26.0 Å². The van der Waals surface area contributed by atoms with Crippen molar-refractivity contribution in [3.8, 4) is 0 Å². The molecular formula is C15H19ClN2O3. The zero-order valence-corrected chi connectivity index (χ0v) is 12.9. The van der Waals surface area contributed by atoms with Gasteiger partial charge in [0.15, 0.2) is 0 Å². The van der Waals surface area contributed by atoms with E-state index < -0.39 is 12.1 Å². The van der Waals surface area contributed by atoms with Crippen LogP contribution in [0.4, 0.5) is 0 Å². The molecule has 0 aromatic heterocycles. The number of rotatable bonds is 4. The summed E-state index contributed by atoms with van der Waals surface area (Å²) in [6.07, 6.45) is -0.578. The maximum absolute atomic E-state index is 12.5. The van der Waals surface area contributed by atoms with Crippen LogP contribution in [0.5, 0.6) is 0 Å². The normalized spacial score (nSPS) is 20.0. The summed E-state index contributed by atoms with van der Waals surface area (Å²) >= 11 is 6.18. The highest BCUT2D eigenvalue weighted by molar-refractivity contribution is 6.31. The van der Waals surface area contributed by atoms with Crippen molar-refractivity contribution in [1.29, 1.82) is 0 Å². The number of halogens is 1. The fraction of sp³-hybridized carbons (Fsp3) is 0.467. The number of hydrogen-bond acceptors (Lipinski definition) is 3. The highest BCUT2D eigenvalue weighted by Gasteiger charge is 2.37. The van der Waals surface area contributed by atoms with Crippen molar-refractivity contribution in [2.24, 2.45) is 0 Å². The summed E-state index contributed by atoms with van der Waals surface area (Å²) in [6.45, 7) is 4.85. The molecule has 21 heavy (non-hydrogen) atoms. The van der Waals surface area contributed by atoms with Crippen LogP contribution in [0.25, 0.3) is 0 Å². The molecule has 0 spiro atoms. The van der Waals surface area contributed by atoms with Crippen molar-refractivity contribution in [3.63, 3.8) is 0 Å². The Bertz CT molecular complexity index is 535. The van der Waals surface area contributed by atoms with Crippen molar-refractivity contribution in [3.05, 3.63) is 34.9 Å². The van der Waals surface area contributed by atoms with Crippen LogP contribution < -0.4 is 5.32 Å². The lowest BCUT2D eigenvalue weighted by Gasteiger charge is -2.37. The molecule has 2 atom stereocenters. The maximum Gasteiger partial charge on any atom is 0.252 e. The fourth-order valence-electron chi connectivity index (χ4n) is 2.47. The first-order valence-corrected chi connectivity index (χ1v) is 7.38. The van der Waals surface area contributed by atoms with Gasteiger partial charge in [-0.05, 0) is 19.9 Å². The molecule has 1 saturated heterocycles. The third kappa shape index (κ3) is 3.36. The van der Waals surface area contributed by atoms with Crippen LogP contribution in [0.3, 0.4) is 0 Å². The largest absolute Gasteiger partial charge is 0.369 e. The van der Waals surface area contributed by atoms with E-state index >= 15 is 0 Å². The second-order valence-corrected chi connectivity index (χ2v) is 5.25. The molecular weight excluding hydrogens is 292 g/mol. The van der Waals surface area contributed by atoms with E-state index in [1.807, 2.05) is 6.92 Å². The van der Waals surface area contributed by atoms with E-state index in [0.29, 0.717) is 30.3 Å². The van der Waals surface area contributed by atoms with Crippen LogP contribution in [0.15, 0.2) is 24.3 Å². The van der Waals surface area contributed by atoms with E-state index in [0.717, 1.165) is 0 Å². The second-order valence-electron chi connectivity index (χ2n) is 4.84. The van der Waals surface area contributed by atoms with E-state index in [1.54, 1.807) is 36.1 Å². The third-order valence-electron chi connectivity index (χ3n) is 3.46. The van der Waals surface area contributed by atoms with Gasteiger partial charge in [0.2, 0.25) is 5.91 Å². The van der Waals surface area contributed by atoms with Gasteiger partial charge in [-0.15, -0.1) is 0 Å². The van der Waals surface area contributed by atoms with E-state index in [4.69, 9.17) is 16.3 Å². The van der Waals surface area contributed by atoms with E-state index in [2.05, 4.69) is 5.32 Å². The molecule has 1 heterocycles. The van der Waals surface area contributed by atoms with Gasteiger partial charge >= 0.3 is 0 Å². The lowest BCUT2D eigenvalue weighted by Crippen LogP contribution is -2.54. The Morgan fingerprint density at radius 3 is 2.90 bits per heavy atom. The Labute approximate surface area is 129 Å². The number of ether oxygens (including phenoxy) is 1. The van der Waals surface area contributed by atoms with Crippen molar-refractivity contribution >= 4 is 23.4 Å². The molecule has 1 N–H and O–H groups in total. The van der Waals surface area contributed by atoms with Gasteiger partial charge in [0.05, 0.1) is 0 Å². The second kappa shape index (κ2) is 6.91. The molecule has 6 heteroatoms. The SMILES string of the molecule is CCOC(C)C(=O)N1CCNC(=O)C1c1ccccc1Cl. The Kier molecular flexibility index (Phi) is 5.20. The summed E-state index contributed by atoms with van der Waals surface area (Å²) < 4.78 is 5.35. The predicted octanol–water partition coefficient (Wildman–Crippen LogP) is 1.76. The lowest BCUT2D eigenvalue weighted by atomic mass is 10.0. The number of piperazine rings is 1. The van der Waals surface area contributed by atoms with Crippen LogP contribution in [0, 0.1) is 0 Å². The monoisotopic (exact) mass is 310 g/mol. The molecule has 0 radical (unpaired) electrons. The van der Waals surface area contributed by atoms with Crippen LogP contribution >= 0.6 is 11.6 Å². The minimum absolute atomic E-state index is 0.198. The molecule has 114 valence electrons. The van der Waals surface area contributed by atoms with Crippen LogP contribution in [-0.2, 0) is 14.3 Å². The van der Waals surface area contributed by atoms with Gasteiger partial charge in [-0.3, -0.25) is 9.59 Å². The topological polar surface area (TPSA) is 58.6 Å². The minimum Gasteiger partial charge on any atom is -0.369 e. The molecule has 2 amide bonds. The summed E-state index contributed by atoms with van der Waals surface area (Å²) in [5.41, 5.74) is 0.633. The average Bonchev–Trinajstić information content (AvgIpc) is 2.47. The summed E-state index contributed by atoms with van der Waals surface area (Å²) in [5, 5.41) is 3.25. The molecule has 1 aliphatic rings. The predicted molar refractivity (Wildman–Crippen MR) is 80.0 cm³/mol. The smallest absolute Gasteiger partial charge is 0.252 e. The average molecular weight is 311 g/mol. The lowest BCUT2D eigenvalue weighted by molar-refractivity contribution is -0.151. The molecule has 5 nitrogen and oxygen atoms in total. The van der Waals surface area contributed by atoms with Crippen LogP contribution in [0.1, 0.15) is 25.5 Å². The first-order valence-electron chi connectivity index (χ1n) is 7.00. The van der Waals surface area contributed by atoms with E-state index in [1.165, 1.54) is 0 Å². The molecule has 0 aliphatic carbocycles. The van der Waals surface area contributed by atoms with Gasteiger partial charge in [-0.25, -0.2) is 0 Å². The van der Waals surface area contributed by atoms with Gasteiger partial charge in [0.25, 0.3) is 5.91 Å². The zero-order chi connectivity index (χ0) is 15.4. The Morgan fingerprint density at radius 1 is 1.52 bits per heavy atom. The number of benzene rings is 1. The van der Waals surface area contributed by atoms with Crippen LogP contribution in [-0.4, -0.2) is 42.5 Å². The standard InChI is InChI=1S/C15H19ClN2O3/c1-3-21-10(2)15(20)18-9-8-17-14(19)13(18)11-6-4-5-7-12(11)16/h4-7,10,13H,3,8-9H2,1-2H3,(H,17,19). The van der Waals surface area contributed by atoms with Crippen LogP contribution in [0.2, 0.25) is 5.02 Å². The molecule has 1 fully saturated rings. The van der Waals surface area contributed by atoms with Gasteiger partial charge in [-0.2, -0.15) is 0 Å². The quantitative estimate of drug-likeness (QED) is 0.922. The molecule has 0 bridgehead atoms. The first-order chi connectivity index (χ1) is 10.1. The third-order valence-corrected chi connectivity index (χ3v) is 3.80. The number of amides is 2. The minimum atomic E-state index is -0.706. The van der Waals surface area contributed by atoms with Gasteiger partial charge in [0.1, 0.15) is 12.1 Å². The Morgan fingerprint density at radius 2 is 2.24 bits per heavy atom. The maximum atomic E-state index is 12.5. The number of carbonyl (C=O) groups is 2.